The van der Waals surface area contributed by atoms with E-state index in [1.165, 1.54) is 6.92 Å². The third-order valence-corrected chi connectivity index (χ3v) is 3.50. The molecular formula is C15H22N2O3. The zero-order valence-electron chi connectivity index (χ0n) is 11.9. The van der Waals surface area contributed by atoms with E-state index in [1.807, 2.05) is 30.3 Å². The average molecular weight is 278 g/mol. The highest BCUT2D eigenvalue weighted by atomic mass is 16.4. The molecule has 0 saturated carbocycles. The topological polar surface area (TPSA) is 92.4 Å². The van der Waals surface area contributed by atoms with Crippen molar-refractivity contribution in [1.29, 1.82) is 0 Å². The van der Waals surface area contributed by atoms with Crippen LogP contribution in [0.25, 0.3) is 0 Å². The summed E-state index contributed by atoms with van der Waals surface area (Å²) in [7, 11) is 0. The van der Waals surface area contributed by atoms with Gasteiger partial charge in [-0.05, 0) is 31.7 Å². The van der Waals surface area contributed by atoms with Crippen LogP contribution in [0, 0.1) is 0 Å². The van der Waals surface area contributed by atoms with Crippen molar-refractivity contribution < 1.29 is 14.7 Å². The molecule has 5 nitrogen and oxygen atoms in total. The zero-order chi connectivity index (χ0) is 15.2. The molecule has 1 rings (SSSR count). The predicted molar refractivity (Wildman–Crippen MR) is 77.2 cm³/mol. The molecule has 2 atom stereocenters. The second-order valence-electron chi connectivity index (χ2n) is 5.11. The van der Waals surface area contributed by atoms with Crippen LogP contribution in [0.5, 0.6) is 0 Å². The molecule has 0 fully saturated rings. The van der Waals surface area contributed by atoms with Crippen LogP contribution in [0.2, 0.25) is 0 Å². The van der Waals surface area contributed by atoms with Crippen LogP contribution in [-0.4, -0.2) is 28.6 Å². The zero-order valence-corrected chi connectivity index (χ0v) is 11.9. The van der Waals surface area contributed by atoms with Crippen molar-refractivity contribution in [3.8, 4) is 0 Å². The smallest absolute Gasteiger partial charge is 0.329 e. The summed E-state index contributed by atoms with van der Waals surface area (Å²) in [6.07, 6.45) is 1.47. The number of benzene rings is 1. The molecule has 1 unspecified atom stereocenters. The molecule has 0 saturated heterocycles. The SMILES string of the molecule is CCC(C)(NC(=O)[C@@H](N)CCc1ccccc1)C(=O)O. The van der Waals surface area contributed by atoms with Gasteiger partial charge < -0.3 is 16.2 Å². The van der Waals surface area contributed by atoms with Crippen molar-refractivity contribution in [3.05, 3.63) is 35.9 Å². The Kier molecular flexibility index (Phi) is 5.70. The van der Waals surface area contributed by atoms with Gasteiger partial charge in [-0.1, -0.05) is 37.3 Å². The van der Waals surface area contributed by atoms with Gasteiger partial charge in [0.2, 0.25) is 5.91 Å². The monoisotopic (exact) mass is 278 g/mol. The number of aryl methyl sites for hydroxylation is 1. The molecule has 0 aliphatic carbocycles. The van der Waals surface area contributed by atoms with Crippen LogP contribution in [0.15, 0.2) is 30.3 Å². The van der Waals surface area contributed by atoms with Crippen molar-refractivity contribution in [2.24, 2.45) is 5.73 Å². The first-order chi connectivity index (χ1) is 9.39. The molecule has 1 amide bonds. The van der Waals surface area contributed by atoms with E-state index in [0.29, 0.717) is 19.3 Å². The van der Waals surface area contributed by atoms with Gasteiger partial charge in [-0.25, -0.2) is 4.79 Å². The van der Waals surface area contributed by atoms with E-state index in [-0.39, 0.29) is 0 Å². The third-order valence-electron chi connectivity index (χ3n) is 3.50. The van der Waals surface area contributed by atoms with Crippen LogP contribution in [0.4, 0.5) is 0 Å². The number of nitrogens with two attached hydrogens (primary N) is 1. The number of aliphatic carboxylic acids is 1. The van der Waals surface area contributed by atoms with Gasteiger partial charge in [0.05, 0.1) is 6.04 Å². The summed E-state index contributed by atoms with van der Waals surface area (Å²) >= 11 is 0. The molecule has 5 heteroatoms. The Morgan fingerprint density at radius 3 is 2.45 bits per heavy atom. The minimum Gasteiger partial charge on any atom is -0.480 e. The first kappa shape index (κ1) is 16.2. The van der Waals surface area contributed by atoms with Crippen molar-refractivity contribution >= 4 is 11.9 Å². The Morgan fingerprint density at radius 1 is 1.35 bits per heavy atom. The van der Waals surface area contributed by atoms with Gasteiger partial charge in [-0.15, -0.1) is 0 Å². The van der Waals surface area contributed by atoms with E-state index in [1.54, 1.807) is 6.92 Å². The minimum absolute atomic E-state index is 0.305. The molecule has 1 aromatic carbocycles. The van der Waals surface area contributed by atoms with E-state index < -0.39 is 23.5 Å². The summed E-state index contributed by atoms with van der Waals surface area (Å²) in [4.78, 5) is 23.1. The highest BCUT2D eigenvalue weighted by Crippen LogP contribution is 2.10. The normalized spacial score (nSPS) is 15.2. The molecule has 1 aromatic rings. The van der Waals surface area contributed by atoms with E-state index in [2.05, 4.69) is 5.32 Å². The lowest BCUT2D eigenvalue weighted by molar-refractivity contribution is -0.147. The summed E-state index contributed by atoms with van der Waals surface area (Å²) in [6.45, 7) is 3.20. The lowest BCUT2D eigenvalue weighted by Gasteiger charge is -2.26. The number of carbonyl (C=O) groups is 2. The molecule has 0 aromatic heterocycles. The van der Waals surface area contributed by atoms with Crippen LogP contribution in [0.3, 0.4) is 0 Å². The molecule has 0 aliphatic heterocycles. The number of hydrogen-bond acceptors (Lipinski definition) is 3. The van der Waals surface area contributed by atoms with Gasteiger partial charge in [0.1, 0.15) is 5.54 Å². The maximum Gasteiger partial charge on any atom is 0.329 e. The van der Waals surface area contributed by atoms with Crippen molar-refractivity contribution in [1.82, 2.24) is 5.32 Å². The van der Waals surface area contributed by atoms with Gasteiger partial charge in [-0.2, -0.15) is 0 Å². The lowest BCUT2D eigenvalue weighted by Crippen LogP contribution is -2.56. The van der Waals surface area contributed by atoms with E-state index in [4.69, 9.17) is 10.8 Å². The molecular weight excluding hydrogens is 256 g/mol. The minimum atomic E-state index is -1.26. The largest absolute Gasteiger partial charge is 0.480 e. The van der Waals surface area contributed by atoms with Crippen LogP contribution >= 0.6 is 0 Å². The number of rotatable bonds is 7. The lowest BCUT2D eigenvalue weighted by atomic mass is 9.97. The molecule has 0 spiro atoms. The fourth-order valence-electron chi connectivity index (χ4n) is 1.76. The van der Waals surface area contributed by atoms with E-state index >= 15 is 0 Å². The first-order valence-corrected chi connectivity index (χ1v) is 6.74. The van der Waals surface area contributed by atoms with Crippen LogP contribution < -0.4 is 11.1 Å². The van der Waals surface area contributed by atoms with Crippen molar-refractivity contribution in [3.63, 3.8) is 0 Å². The summed E-state index contributed by atoms with van der Waals surface area (Å²) in [5.41, 5.74) is 5.66. The van der Waals surface area contributed by atoms with E-state index in [0.717, 1.165) is 5.56 Å². The predicted octanol–water partition coefficient (Wildman–Crippen LogP) is 1.32. The molecule has 20 heavy (non-hydrogen) atoms. The number of hydrogen-bond donors (Lipinski definition) is 3. The number of carboxylic acid groups (broad SMARTS) is 1. The van der Waals surface area contributed by atoms with E-state index in [9.17, 15) is 9.59 Å². The van der Waals surface area contributed by atoms with Crippen molar-refractivity contribution in [2.75, 3.05) is 0 Å². The Hall–Kier alpha value is -1.88. The number of carboxylic acids is 1. The Labute approximate surface area is 119 Å². The molecule has 0 radical (unpaired) electrons. The van der Waals surface area contributed by atoms with Crippen LogP contribution in [0.1, 0.15) is 32.3 Å². The first-order valence-electron chi connectivity index (χ1n) is 6.74. The molecule has 4 N–H and O–H groups in total. The molecule has 0 bridgehead atoms. The summed E-state index contributed by atoms with van der Waals surface area (Å²) in [5, 5.41) is 11.6. The van der Waals surface area contributed by atoms with Gasteiger partial charge >= 0.3 is 5.97 Å². The van der Waals surface area contributed by atoms with Crippen molar-refractivity contribution in [2.45, 2.75) is 44.7 Å². The standard InChI is InChI=1S/C15H22N2O3/c1-3-15(2,14(19)20)17-13(18)12(16)10-9-11-7-5-4-6-8-11/h4-8,12H,3,9-10,16H2,1-2H3,(H,17,18)(H,19,20)/t12-,15?/m0/s1. The second-order valence-corrected chi connectivity index (χ2v) is 5.11. The highest BCUT2D eigenvalue weighted by Gasteiger charge is 2.33. The molecule has 0 heterocycles. The Morgan fingerprint density at radius 2 is 1.95 bits per heavy atom. The quantitative estimate of drug-likeness (QED) is 0.701. The third kappa shape index (κ3) is 4.35. The maximum atomic E-state index is 11.9. The highest BCUT2D eigenvalue weighted by molar-refractivity contribution is 5.89. The number of amides is 1. The Balaban J connectivity index is 2.53. The van der Waals surface area contributed by atoms with Gasteiger partial charge in [0, 0.05) is 0 Å². The Bertz CT molecular complexity index is 461. The summed E-state index contributed by atoms with van der Waals surface area (Å²) in [6, 6.07) is 9.02. The molecule has 110 valence electrons. The second kappa shape index (κ2) is 7.05. The van der Waals surface area contributed by atoms with Gasteiger partial charge in [0.15, 0.2) is 0 Å². The molecule has 0 aliphatic rings. The number of carbonyl (C=O) groups excluding carboxylic acids is 1. The van der Waals surface area contributed by atoms with Crippen LogP contribution in [-0.2, 0) is 16.0 Å². The summed E-state index contributed by atoms with van der Waals surface area (Å²) < 4.78 is 0. The van der Waals surface area contributed by atoms with Gasteiger partial charge in [-0.3, -0.25) is 4.79 Å². The fraction of sp³-hybridized carbons (Fsp3) is 0.467. The maximum absolute atomic E-state index is 11.9. The fourth-order valence-corrected chi connectivity index (χ4v) is 1.76. The summed E-state index contributed by atoms with van der Waals surface area (Å²) in [5.74, 6) is -1.48. The van der Waals surface area contributed by atoms with Gasteiger partial charge in [0.25, 0.3) is 0 Å². The average Bonchev–Trinajstić information content (AvgIpc) is 2.45. The number of nitrogens with one attached hydrogen (secondary N) is 1.